The Balaban J connectivity index is 2.46. The second-order valence-electron chi connectivity index (χ2n) is 1.75. The van der Waals surface area contributed by atoms with Crippen LogP contribution in [0.5, 0.6) is 0 Å². The zero-order chi connectivity index (χ0) is 5.98. The maximum atomic E-state index is 4.77. The van der Waals surface area contributed by atoms with Gasteiger partial charge in [-0.1, -0.05) is 5.16 Å². The highest BCUT2D eigenvalue weighted by Crippen LogP contribution is 1.99. The summed E-state index contributed by atoms with van der Waals surface area (Å²) in [4.78, 5) is 6.83. The molecule has 8 heavy (non-hydrogen) atoms. The van der Waals surface area contributed by atoms with Crippen molar-refractivity contribution in [3.8, 4) is 0 Å². The van der Waals surface area contributed by atoms with Crippen LogP contribution in [0.1, 0.15) is 13.8 Å². The summed E-state index contributed by atoms with van der Waals surface area (Å²) in [6, 6.07) is 0. The molecule has 0 aromatic heterocycles. The molecule has 1 rings (SSSR count). The van der Waals surface area contributed by atoms with E-state index in [0.29, 0.717) is 6.73 Å². The first kappa shape index (κ1) is 5.41. The summed E-state index contributed by atoms with van der Waals surface area (Å²) in [6.45, 7) is 5.63. The van der Waals surface area contributed by atoms with Crippen molar-refractivity contribution in [1.82, 2.24) is 4.90 Å². The number of oxime groups is 1. The van der Waals surface area contributed by atoms with Gasteiger partial charge in [-0.25, -0.2) is 0 Å². The van der Waals surface area contributed by atoms with Crippen molar-refractivity contribution in [3.05, 3.63) is 0 Å². The highest BCUT2D eigenvalue weighted by molar-refractivity contribution is 5.79. The first-order valence-electron chi connectivity index (χ1n) is 2.76. The molecule has 0 atom stereocenters. The van der Waals surface area contributed by atoms with Crippen molar-refractivity contribution in [2.75, 3.05) is 13.3 Å². The van der Waals surface area contributed by atoms with Gasteiger partial charge in [0.25, 0.3) is 0 Å². The molecule has 0 fully saturated rings. The van der Waals surface area contributed by atoms with Gasteiger partial charge in [0.1, 0.15) is 5.84 Å². The molecule has 3 heteroatoms. The normalized spacial score (nSPS) is 18.2. The van der Waals surface area contributed by atoms with Crippen molar-refractivity contribution < 1.29 is 4.84 Å². The topological polar surface area (TPSA) is 24.8 Å². The van der Waals surface area contributed by atoms with Gasteiger partial charge in [0.2, 0.25) is 0 Å². The Bertz CT molecular complexity index is 111. The molecule has 0 N–H and O–H groups in total. The Morgan fingerprint density at radius 1 is 1.88 bits per heavy atom. The van der Waals surface area contributed by atoms with Crippen LogP contribution >= 0.6 is 0 Å². The molecule has 0 spiro atoms. The van der Waals surface area contributed by atoms with Crippen molar-refractivity contribution in [2.24, 2.45) is 5.16 Å². The van der Waals surface area contributed by atoms with Crippen LogP contribution in [0.3, 0.4) is 0 Å². The fourth-order valence-corrected chi connectivity index (χ4v) is 0.663. The molecular weight excluding hydrogens is 104 g/mol. The Labute approximate surface area is 48.9 Å². The lowest BCUT2D eigenvalue weighted by Crippen LogP contribution is -2.24. The summed E-state index contributed by atoms with van der Waals surface area (Å²) < 4.78 is 0. The van der Waals surface area contributed by atoms with E-state index in [1.54, 1.807) is 0 Å². The summed E-state index contributed by atoms with van der Waals surface area (Å²) in [5.41, 5.74) is 0. The smallest absolute Gasteiger partial charge is 0.190 e. The van der Waals surface area contributed by atoms with E-state index in [9.17, 15) is 0 Å². The first-order chi connectivity index (χ1) is 3.84. The Kier molecular flexibility index (Phi) is 1.37. The van der Waals surface area contributed by atoms with E-state index in [1.165, 1.54) is 0 Å². The summed E-state index contributed by atoms with van der Waals surface area (Å²) in [7, 11) is 0. The zero-order valence-corrected chi connectivity index (χ0v) is 5.22. The average molecular weight is 114 g/mol. The second kappa shape index (κ2) is 2.03. The van der Waals surface area contributed by atoms with Crippen molar-refractivity contribution in [3.63, 3.8) is 0 Å². The number of rotatable bonds is 1. The monoisotopic (exact) mass is 114 g/mol. The standard InChI is InChI=1S/C5H10N2O/c1-3-7-4-8-6-5(7)2/h3-4H2,1-2H3. The maximum absolute atomic E-state index is 4.77. The molecule has 0 aliphatic carbocycles. The van der Waals surface area contributed by atoms with Crippen LogP contribution in [-0.4, -0.2) is 24.0 Å². The molecule has 3 nitrogen and oxygen atoms in total. The molecule has 0 aromatic rings. The molecule has 1 aliphatic heterocycles. The van der Waals surface area contributed by atoms with Crippen LogP contribution in [0.15, 0.2) is 5.16 Å². The molecule has 0 bridgehead atoms. The Morgan fingerprint density at radius 2 is 2.62 bits per heavy atom. The summed E-state index contributed by atoms with van der Waals surface area (Å²) in [5, 5.41) is 3.73. The number of amidine groups is 1. The van der Waals surface area contributed by atoms with Crippen LogP contribution in [0.2, 0.25) is 0 Å². The lowest BCUT2D eigenvalue weighted by molar-refractivity contribution is 0.112. The van der Waals surface area contributed by atoms with E-state index in [0.717, 1.165) is 12.4 Å². The van der Waals surface area contributed by atoms with Crippen molar-refractivity contribution in [2.45, 2.75) is 13.8 Å². The number of nitrogens with zero attached hydrogens (tertiary/aromatic N) is 2. The first-order valence-corrected chi connectivity index (χ1v) is 2.76. The van der Waals surface area contributed by atoms with E-state index in [4.69, 9.17) is 4.84 Å². The molecule has 1 aliphatic rings. The van der Waals surface area contributed by atoms with Crippen LogP contribution in [0, 0.1) is 0 Å². The number of hydrogen-bond donors (Lipinski definition) is 0. The minimum absolute atomic E-state index is 0.627. The third-order valence-corrected chi connectivity index (χ3v) is 1.25. The van der Waals surface area contributed by atoms with E-state index in [-0.39, 0.29) is 0 Å². The molecular formula is C5H10N2O. The van der Waals surface area contributed by atoms with Gasteiger partial charge < -0.3 is 9.74 Å². The SMILES string of the molecule is CCN1CON=C1C. The van der Waals surface area contributed by atoms with Gasteiger partial charge in [-0.15, -0.1) is 0 Å². The highest BCUT2D eigenvalue weighted by atomic mass is 16.7. The molecule has 0 unspecified atom stereocenters. The predicted molar refractivity (Wildman–Crippen MR) is 31.4 cm³/mol. The Morgan fingerprint density at radius 3 is 2.88 bits per heavy atom. The van der Waals surface area contributed by atoms with Gasteiger partial charge in [0.15, 0.2) is 6.73 Å². The fraction of sp³-hybridized carbons (Fsp3) is 0.800. The minimum atomic E-state index is 0.627. The average Bonchev–Trinajstić information content (AvgIpc) is 2.14. The fourth-order valence-electron chi connectivity index (χ4n) is 0.663. The molecule has 0 aromatic carbocycles. The van der Waals surface area contributed by atoms with Gasteiger partial charge >= 0.3 is 0 Å². The molecule has 0 radical (unpaired) electrons. The minimum Gasteiger partial charge on any atom is -0.372 e. The van der Waals surface area contributed by atoms with E-state index < -0.39 is 0 Å². The van der Waals surface area contributed by atoms with Gasteiger partial charge in [0.05, 0.1) is 0 Å². The highest BCUT2D eigenvalue weighted by Gasteiger charge is 2.09. The summed E-state index contributed by atoms with van der Waals surface area (Å²) >= 11 is 0. The largest absolute Gasteiger partial charge is 0.372 e. The van der Waals surface area contributed by atoms with Gasteiger partial charge in [-0.2, -0.15) is 0 Å². The molecule has 0 amide bonds. The Hall–Kier alpha value is -0.730. The van der Waals surface area contributed by atoms with Crippen molar-refractivity contribution in [1.29, 1.82) is 0 Å². The quantitative estimate of drug-likeness (QED) is 0.499. The molecule has 1 heterocycles. The summed E-state index contributed by atoms with van der Waals surface area (Å²) in [6.07, 6.45) is 0. The maximum Gasteiger partial charge on any atom is 0.190 e. The molecule has 0 saturated heterocycles. The second-order valence-corrected chi connectivity index (χ2v) is 1.75. The van der Waals surface area contributed by atoms with Crippen LogP contribution in [0.25, 0.3) is 0 Å². The third kappa shape index (κ3) is 0.757. The predicted octanol–water partition coefficient (Wildman–Crippen LogP) is 0.629. The summed E-state index contributed by atoms with van der Waals surface area (Å²) in [5.74, 6) is 0.979. The zero-order valence-electron chi connectivity index (χ0n) is 5.22. The van der Waals surface area contributed by atoms with Gasteiger partial charge in [-0.05, 0) is 13.8 Å². The van der Waals surface area contributed by atoms with Crippen molar-refractivity contribution >= 4 is 5.84 Å². The lowest BCUT2D eigenvalue weighted by atomic mass is 10.5. The van der Waals surface area contributed by atoms with Crippen LogP contribution in [-0.2, 0) is 4.84 Å². The lowest BCUT2D eigenvalue weighted by Gasteiger charge is -2.09. The van der Waals surface area contributed by atoms with E-state index in [1.807, 2.05) is 6.92 Å². The van der Waals surface area contributed by atoms with Crippen LogP contribution in [0.4, 0.5) is 0 Å². The van der Waals surface area contributed by atoms with Gasteiger partial charge in [0, 0.05) is 6.54 Å². The third-order valence-electron chi connectivity index (χ3n) is 1.25. The molecule has 46 valence electrons. The van der Waals surface area contributed by atoms with E-state index >= 15 is 0 Å². The van der Waals surface area contributed by atoms with E-state index in [2.05, 4.69) is 17.0 Å². The number of hydrogen-bond acceptors (Lipinski definition) is 3. The van der Waals surface area contributed by atoms with Gasteiger partial charge in [-0.3, -0.25) is 0 Å². The van der Waals surface area contributed by atoms with Crippen LogP contribution < -0.4 is 0 Å². The molecule has 0 saturated carbocycles.